The molecule has 0 aliphatic rings. The Kier molecular flexibility index (Phi) is 5.62. The van der Waals surface area contributed by atoms with Crippen molar-refractivity contribution in [1.29, 1.82) is 0 Å². The van der Waals surface area contributed by atoms with E-state index in [4.69, 9.17) is 9.15 Å². The zero-order chi connectivity index (χ0) is 14.2. The number of ether oxygens (including phenoxy) is 1. The molecule has 0 atom stereocenters. The fourth-order valence-electron chi connectivity index (χ4n) is 2.00. The molecule has 0 unspecified atom stereocenters. The zero-order valence-corrected chi connectivity index (χ0v) is 12.2. The van der Waals surface area contributed by atoms with Gasteiger partial charge in [0.05, 0.1) is 13.3 Å². The first-order chi connectivity index (χ1) is 9.83. The van der Waals surface area contributed by atoms with Gasteiger partial charge in [-0.3, -0.25) is 0 Å². The molecule has 1 N–H and O–H groups in total. The van der Waals surface area contributed by atoms with E-state index in [0.717, 1.165) is 48.9 Å². The number of aryl methyl sites for hydroxylation is 1. The summed E-state index contributed by atoms with van der Waals surface area (Å²) >= 11 is 0. The summed E-state index contributed by atoms with van der Waals surface area (Å²) in [6.45, 7) is 4.24. The predicted molar refractivity (Wildman–Crippen MR) is 80.0 cm³/mol. The molecule has 0 fully saturated rings. The predicted octanol–water partition coefficient (Wildman–Crippen LogP) is 3.28. The van der Waals surface area contributed by atoms with Crippen molar-refractivity contribution in [3.63, 3.8) is 0 Å². The highest BCUT2D eigenvalue weighted by Gasteiger charge is 2.07. The van der Waals surface area contributed by atoms with Crippen molar-refractivity contribution in [2.24, 2.45) is 0 Å². The number of hydrogen-bond donors (Lipinski definition) is 1. The van der Waals surface area contributed by atoms with Gasteiger partial charge in [-0.1, -0.05) is 19.1 Å². The van der Waals surface area contributed by atoms with Crippen LogP contribution in [0.3, 0.4) is 0 Å². The van der Waals surface area contributed by atoms with E-state index < -0.39 is 0 Å². The lowest BCUT2D eigenvalue weighted by molar-refractivity contribution is 0.414. The van der Waals surface area contributed by atoms with Gasteiger partial charge in [0.2, 0.25) is 0 Å². The van der Waals surface area contributed by atoms with Crippen LogP contribution in [0, 0.1) is 0 Å². The Hall–Kier alpha value is -1.81. The Morgan fingerprint density at radius 2 is 2.20 bits per heavy atom. The highest BCUT2D eigenvalue weighted by molar-refractivity contribution is 5.58. The molecule has 108 valence electrons. The van der Waals surface area contributed by atoms with E-state index in [9.17, 15) is 0 Å². The standard InChI is InChI=1S/C16H22N2O2/c1-3-9-17-10-5-8-16-18-12-15(20-16)13-6-4-7-14(11-13)19-2/h4,6-7,11-12,17H,3,5,8-10H2,1-2H3. The summed E-state index contributed by atoms with van der Waals surface area (Å²) in [5.41, 5.74) is 0.993. The minimum absolute atomic E-state index is 0.792. The lowest BCUT2D eigenvalue weighted by atomic mass is 10.2. The molecule has 1 aromatic carbocycles. The number of methoxy groups -OCH3 is 1. The van der Waals surface area contributed by atoms with Crippen LogP contribution in [-0.2, 0) is 6.42 Å². The average molecular weight is 274 g/mol. The quantitative estimate of drug-likeness (QED) is 0.750. The molecule has 0 aliphatic carbocycles. The van der Waals surface area contributed by atoms with Crippen LogP contribution in [0.15, 0.2) is 34.9 Å². The topological polar surface area (TPSA) is 47.3 Å². The van der Waals surface area contributed by atoms with Gasteiger partial charge in [0.15, 0.2) is 11.7 Å². The third kappa shape index (κ3) is 4.10. The lowest BCUT2D eigenvalue weighted by Crippen LogP contribution is -2.16. The fraction of sp³-hybridized carbons (Fsp3) is 0.438. The summed E-state index contributed by atoms with van der Waals surface area (Å²) in [5.74, 6) is 2.41. The van der Waals surface area contributed by atoms with E-state index in [2.05, 4.69) is 17.2 Å². The fourth-order valence-corrected chi connectivity index (χ4v) is 2.00. The Balaban J connectivity index is 1.91. The summed E-state index contributed by atoms with van der Waals surface area (Å²) in [6.07, 6.45) is 4.85. The molecule has 2 rings (SSSR count). The van der Waals surface area contributed by atoms with Crippen molar-refractivity contribution >= 4 is 0 Å². The van der Waals surface area contributed by atoms with Crippen LogP contribution in [-0.4, -0.2) is 25.2 Å². The van der Waals surface area contributed by atoms with Gasteiger partial charge in [0.1, 0.15) is 5.75 Å². The van der Waals surface area contributed by atoms with Gasteiger partial charge < -0.3 is 14.5 Å². The first-order valence-corrected chi connectivity index (χ1v) is 7.13. The molecule has 20 heavy (non-hydrogen) atoms. The van der Waals surface area contributed by atoms with E-state index in [0.29, 0.717) is 0 Å². The van der Waals surface area contributed by atoms with Gasteiger partial charge in [0.25, 0.3) is 0 Å². The minimum atomic E-state index is 0.792. The molecule has 4 nitrogen and oxygen atoms in total. The second-order valence-electron chi connectivity index (χ2n) is 4.70. The molecule has 0 saturated heterocycles. The van der Waals surface area contributed by atoms with E-state index in [-0.39, 0.29) is 0 Å². The van der Waals surface area contributed by atoms with Crippen LogP contribution in [0.1, 0.15) is 25.7 Å². The summed E-state index contributed by atoms with van der Waals surface area (Å²) < 4.78 is 11.0. The highest BCUT2D eigenvalue weighted by atomic mass is 16.5. The first kappa shape index (κ1) is 14.6. The summed E-state index contributed by atoms with van der Waals surface area (Å²) in [5, 5.41) is 3.37. The third-order valence-corrected chi connectivity index (χ3v) is 3.08. The van der Waals surface area contributed by atoms with Crippen molar-refractivity contribution in [1.82, 2.24) is 10.3 Å². The maximum absolute atomic E-state index is 5.78. The smallest absolute Gasteiger partial charge is 0.194 e. The second kappa shape index (κ2) is 7.70. The number of nitrogens with one attached hydrogen (secondary N) is 1. The van der Waals surface area contributed by atoms with Crippen molar-refractivity contribution < 1.29 is 9.15 Å². The van der Waals surface area contributed by atoms with Gasteiger partial charge >= 0.3 is 0 Å². The lowest BCUT2D eigenvalue weighted by Gasteiger charge is -2.02. The Labute approximate surface area is 120 Å². The first-order valence-electron chi connectivity index (χ1n) is 7.13. The van der Waals surface area contributed by atoms with Crippen LogP contribution in [0.2, 0.25) is 0 Å². The normalized spacial score (nSPS) is 10.7. The number of aromatic nitrogens is 1. The Morgan fingerprint density at radius 1 is 1.30 bits per heavy atom. The number of hydrogen-bond acceptors (Lipinski definition) is 4. The molecule has 0 bridgehead atoms. The molecule has 0 spiro atoms. The van der Waals surface area contributed by atoms with Crippen molar-refractivity contribution in [3.8, 4) is 17.1 Å². The van der Waals surface area contributed by atoms with Crippen molar-refractivity contribution in [3.05, 3.63) is 36.4 Å². The van der Waals surface area contributed by atoms with E-state index in [1.165, 1.54) is 6.42 Å². The van der Waals surface area contributed by atoms with Crippen LogP contribution in [0.25, 0.3) is 11.3 Å². The molecular weight excluding hydrogens is 252 g/mol. The number of oxazole rings is 1. The van der Waals surface area contributed by atoms with E-state index in [1.807, 2.05) is 24.3 Å². The monoisotopic (exact) mass is 274 g/mol. The number of rotatable bonds is 8. The molecule has 0 aliphatic heterocycles. The van der Waals surface area contributed by atoms with Crippen molar-refractivity contribution in [2.45, 2.75) is 26.2 Å². The molecular formula is C16H22N2O2. The Morgan fingerprint density at radius 3 is 3.00 bits per heavy atom. The Bertz CT molecular complexity index is 523. The SMILES string of the molecule is CCCNCCCc1ncc(-c2cccc(OC)c2)o1. The van der Waals surface area contributed by atoms with Crippen LogP contribution >= 0.6 is 0 Å². The van der Waals surface area contributed by atoms with Gasteiger partial charge in [-0.05, 0) is 38.1 Å². The molecule has 1 aromatic heterocycles. The van der Waals surface area contributed by atoms with Gasteiger partial charge in [-0.2, -0.15) is 0 Å². The van der Waals surface area contributed by atoms with Crippen LogP contribution in [0.5, 0.6) is 5.75 Å². The van der Waals surface area contributed by atoms with Gasteiger partial charge in [0, 0.05) is 12.0 Å². The minimum Gasteiger partial charge on any atom is -0.497 e. The van der Waals surface area contributed by atoms with E-state index in [1.54, 1.807) is 13.3 Å². The molecule has 0 amide bonds. The molecule has 2 aromatic rings. The van der Waals surface area contributed by atoms with Gasteiger partial charge in [-0.25, -0.2) is 4.98 Å². The van der Waals surface area contributed by atoms with Gasteiger partial charge in [-0.15, -0.1) is 0 Å². The van der Waals surface area contributed by atoms with Crippen molar-refractivity contribution in [2.75, 3.05) is 20.2 Å². The number of nitrogens with zero attached hydrogens (tertiary/aromatic N) is 1. The molecule has 0 radical (unpaired) electrons. The zero-order valence-electron chi connectivity index (χ0n) is 12.2. The average Bonchev–Trinajstić information content (AvgIpc) is 2.96. The molecule has 0 saturated carbocycles. The third-order valence-electron chi connectivity index (χ3n) is 3.08. The van der Waals surface area contributed by atoms with E-state index >= 15 is 0 Å². The summed E-state index contributed by atoms with van der Waals surface area (Å²) in [6, 6.07) is 7.81. The van der Waals surface area contributed by atoms with Crippen LogP contribution < -0.4 is 10.1 Å². The number of benzene rings is 1. The highest BCUT2D eigenvalue weighted by Crippen LogP contribution is 2.24. The largest absolute Gasteiger partial charge is 0.497 e. The summed E-state index contributed by atoms with van der Waals surface area (Å²) in [7, 11) is 1.66. The molecule has 1 heterocycles. The summed E-state index contributed by atoms with van der Waals surface area (Å²) in [4.78, 5) is 4.33. The van der Waals surface area contributed by atoms with Crippen LogP contribution in [0.4, 0.5) is 0 Å². The molecule has 4 heteroatoms. The maximum atomic E-state index is 5.78. The second-order valence-corrected chi connectivity index (χ2v) is 4.70. The maximum Gasteiger partial charge on any atom is 0.194 e.